The molecule has 0 bridgehead atoms. The van der Waals surface area contributed by atoms with E-state index < -0.39 is 0 Å². The number of para-hydroxylation sites is 1. The van der Waals surface area contributed by atoms with Crippen LogP contribution in [-0.2, 0) is 0 Å². The molecule has 0 aliphatic rings. The number of nitrogens with two attached hydrogens (primary N) is 1. The SMILES string of the molecule is Cc1cnc(Nc2ccccc2Cl)nc1-n1cc(N)cn1. The molecule has 21 heavy (non-hydrogen) atoms. The molecule has 0 aliphatic heterocycles. The Hall–Kier alpha value is -2.60. The number of halogens is 1. The number of aromatic nitrogens is 4. The number of nitrogen functional groups attached to an aromatic ring is 1. The minimum Gasteiger partial charge on any atom is -0.396 e. The molecule has 106 valence electrons. The van der Waals surface area contributed by atoms with Crippen molar-refractivity contribution in [3.63, 3.8) is 0 Å². The Morgan fingerprint density at radius 2 is 2.05 bits per heavy atom. The second-order valence-electron chi connectivity index (χ2n) is 4.52. The summed E-state index contributed by atoms with van der Waals surface area (Å²) < 4.78 is 1.62. The lowest BCUT2D eigenvalue weighted by molar-refractivity contribution is 0.832. The van der Waals surface area contributed by atoms with Crippen molar-refractivity contribution in [2.75, 3.05) is 11.1 Å². The summed E-state index contributed by atoms with van der Waals surface area (Å²) in [7, 11) is 0. The molecule has 1 aromatic carbocycles. The summed E-state index contributed by atoms with van der Waals surface area (Å²) >= 11 is 6.11. The number of rotatable bonds is 3. The van der Waals surface area contributed by atoms with Gasteiger partial charge in [-0.25, -0.2) is 9.67 Å². The van der Waals surface area contributed by atoms with Gasteiger partial charge in [0.15, 0.2) is 5.82 Å². The zero-order valence-corrected chi connectivity index (χ0v) is 12.0. The summed E-state index contributed by atoms with van der Waals surface area (Å²) in [6.07, 6.45) is 5.00. The highest BCUT2D eigenvalue weighted by molar-refractivity contribution is 6.33. The number of nitrogens with zero attached hydrogens (tertiary/aromatic N) is 4. The van der Waals surface area contributed by atoms with Gasteiger partial charge in [-0.1, -0.05) is 23.7 Å². The summed E-state index contributed by atoms with van der Waals surface area (Å²) in [5.41, 5.74) is 7.90. The monoisotopic (exact) mass is 300 g/mol. The molecule has 0 spiro atoms. The second kappa shape index (κ2) is 5.41. The standard InChI is InChI=1S/C14H13ClN6/c1-9-6-17-14(19-12-5-3-2-4-11(12)15)20-13(9)21-8-10(16)7-18-21/h2-8H,16H2,1H3,(H,17,19,20). The highest BCUT2D eigenvalue weighted by atomic mass is 35.5. The van der Waals surface area contributed by atoms with E-state index in [1.807, 2.05) is 25.1 Å². The van der Waals surface area contributed by atoms with E-state index in [-0.39, 0.29) is 0 Å². The van der Waals surface area contributed by atoms with E-state index in [4.69, 9.17) is 17.3 Å². The average molecular weight is 301 g/mol. The Morgan fingerprint density at radius 1 is 1.24 bits per heavy atom. The molecule has 3 rings (SSSR count). The number of aryl methyl sites for hydroxylation is 1. The van der Waals surface area contributed by atoms with Crippen LogP contribution in [0.4, 0.5) is 17.3 Å². The van der Waals surface area contributed by atoms with Crippen molar-refractivity contribution in [2.24, 2.45) is 0 Å². The molecular formula is C14H13ClN6. The van der Waals surface area contributed by atoms with Crippen molar-refractivity contribution in [1.82, 2.24) is 19.7 Å². The van der Waals surface area contributed by atoms with Gasteiger partial charge in [0.1, 0.15) is 0 Å². The summed E-state index contributed by atoms with van der Waals surface area (Å²) in [5, 5.41) is 7.85. The molecule has 2 aromatic heterocycles. The van der Waals surface area contributed by atoms with Crippen LogP contribution < -0.4 is 11.1 Å². The van der Waals surface area contributed by atoms with Gasteiger partial charge >= 0.3 is 0 Å². The summed E-state index contributed by atoms with van der Waals surface area (Å²) in [6, 6.07) is 7.41. The van der Waals surface area contributed by atoms with E-state index >= 15 is 0 Å². The van der Waals surface area contributed by atoms with Crippen molar-refractivity contribution in [3.05, 3.63) is 53.4 Å². The Balaban J connectivity index is 1.96. The van der Waals surface area contributed by atoms with Crippen molar-refractivity contribution < 1.29 is 0 Å². The molecule has 3 N–H and O–H groups in total. The normalized spacial score (nSPS) is 10.6. The van der Waals surface area contributed by atoms with Gasteiger partial charge < -0.3 is 11.1 Å². The largest absolute Gasteiger partial charge is 0.396 e. The van der Waals surface area contributed by atoms with Crippen molar-refractivity contribution >= 4 is 28.9 Å². The molecule has 0 atom stereocenters. The smallest absolute Gasteiger partial charge is 0.229 e. The summed E-state index contributed by atoms with van der Waals surface area (Å²) in [5.74, 6) is 1.11. The molecule has 6 nitrogen and oxygen atoms in total. The first-order valence-electron chi connectivity index (χ1n) is 6.29. The molecule has 0 amide bonds. The van der Waals surface area contributed by atoms with Crippen LogP contribution in [0.1, 0.15) is 5.56 Å². The number of nitrogens with one attached hydrogen (secondary N) is 1. The van der Waals surface area contributed by atoms with Crippen LogP contribution in [0.5, 0.6) is 0 Å². The fraction of sp³-hybridized carbons (Fsp3) is 0.0714. The Labute approximate surface area is 126 Å². The number of hydrogen-bond donors (Lipinski definition) is 2. The lowest BCUT2D eigenvalue weighted by Gasteiger charge is -2.09. The third-order valence-electron chi connectivity index (χ3n) is 2.88. The Bertz CT molecular complexity index is 783. The number of anilines is 3. The van der Waals surface area contributed by atoms with Crippen molar-refractivity contribution in [3.8, 4) is 5.82 Å². The van der Waals surface area contributed by atoms with E-state index in [0.717, 1.165) is 11.3 Å². The maximum Gasteiger partial charge on any atom is 0.229 e. The maximum atomic E-state index is 6.11. The average Bonchev–Trinajstić information content (AvgIpc) is 2.90. The number of hydrogen-bond acceptors (Lipinski definition) is 5. The van der Waals surface area contributed by atoms with Crippen molar-refractivity contribution in [2.45, 2.75) is 6.92 Å². The van der Waals surface area contributed by atoms with Crippen LogP contribution in [0.2, 0.25) is 5.02 Å². The van der Waals surface area contributed by atoms with E-state index in [9.17, 15) is 0 Å². The quantitative estimate of drug-likeness (QED) is 0.777. The van der Waals surface area contributed by atoms with Gasteiger partial charge in [0.25, 0.3) is 0 Å². The minimum absolute atomic E-state index is 0.442. The highest BCUT2D eigenvalue weighted by Crippen LogP contribution is 2.23. The molecule has 0 saturated carbocycles. The first-order chi connectivity index (χ1) is 10.1. The Kier molecular flexibility index (Phi) is 3.45. The van der Waals surface area contributed by atoms with Gasteiger partial charge in [-0.2, -0.15) is 10.1 Å². The van der Waals surface area contributed by atoms with Crippen LogP contribution in [0.15, 0.2) is 42.9 Å². The molecule has 0 unspecified atom stereocenters. The topological polar surface area (TPSA) is 81.7 Å². The molecular weight excluding hydrogens is 288 g/mol. The highest BCUT2D eigenvalue weighted by Gasteiger charge is 2.08. The van der Waals surface area contributed by atoms with E-state index in [0.29, 0.717) is 22.5 Å². The van der Waals surface area contributed by atoms with Crippen LogP contribution in [0.25, 0.3) is 5.82 Å². The first kappa shape index (κ1) is 13.4. The molecule has 7 heteroatoms. The fourth-order valence-electron chi connectivity index (χ4n) is 1.86. The molecule has 2 heterocycles. The summed E-state index contributed by atoms with van der Waals surface area (Å²) in [4.78, 5) is 8.71. The van der Waals surface area contributed by atoms with Crippen LogP contribution in [-0.4, -0.2) is 19.7 Å². The maximum absolute atomic E-state index is 6.11. The van der Waals surface area contributed by atoms with Gasteiger partial charge in [-0.05, 0) is 19.1 Å². The van der Waals surface area contributed by atoms with Gasteiger partial charge in [-0.15, -0.1) is 0 Å². The Morgan fingerprint density at radius 3 is 2.76 bits per heavy atom. The lowest BCUT2D eigenvalue weighted by atomic mass is 10.3. The van der Waals surface area contributed by atoms with E-state index in [1.54, 1.807) is 29.3 Å². The van der Waals surface area contributed by atoms with Gasteiger partial charge in [-0.3, -0.25) is 0 Å². The first-order valence-corrected chi connectivity index (χ1v) is 6.67. The molecule has 0 radical (unpaired) electrons. The van der Waals surface area contributed by atoms with E-state index in [2.05, 4.69) is 20.4 Å². The van der Waals surface area contributed by atoms with Gasteiger partial charge in [0.2, 0.25) is 5.95 Å². The molecule has 0 aliphatic carbocycles. The zero-order valence-electron chi connectivity index (χ0n) is 11.3. The van der Waals surface area contributed by atoms with Crippen LogP contribution in [0, 0.1) is 6.92 Å². The molecule has 3 aromatic rings. The third kappa shape index (κ3) is 2.80. The zero-order chi connectivity index (χ0) is 14.8. The van der Waals surface area contributed by atoms with Gasteiger partial charge in [0.05, 0.1) is 28.8 Å². The fourth-order valence-corrected chi connectivity index (χ4v) is 2.04. The van der Waals surface area contributed by atoms with Crippen LogP contribution in [0.3, 0.4) is 0 Å². The third-order valence-corrected chi connectivity index (χ3v) is 3.21. The predicted molar refractivity (Wildman–Crippen MR) is 83.0 cm³/mol. The van der Waals surface area contributed by atoms with Crippen molar-refractivity contribution in [1.29, 1.82) is 0 Å². The summed E-state index contributed by atoms with van der Waals surface area (Å²) in [6.45, 7) is 1.91. The second-order valence-corrected chi connectivity index (χ2v) is 4.93. The van der Waals surface area contributed by atoms with Crippen LogP contribution >= 0.6 is 11.6 Å². The predicted octanol–water partition coefficient (Wildman–Crippen LogP) is 2.95. The molecule has 0 saturated heterocycles. The molecule has 0 fully saturated rings. The lowest BCUT2D eigenvalue weighted by Crippen LogP contribution is -2.06. The number of benzene rings is 1. The minimum atomic E-state index is 0.442. The van der Waals surface area contributed by atoms with Gasteiger partial charge in [0, 0.05) is 11.8 Å². The van der Waals surface area contributed by atoms with E-state index in [1.165, 1.54) is 0 Å².